The Kier molecular flexibility index (Phi) is 3.10. The second-order valence-corrected chi connectivity index (χ2v) is 3.60. The number of nitrogen functional groups attached to an aromatic ring is 1. The summed E-state index contributed by atoms with van der Waals surface area (Å²) in [6.07, 6.45) is 1.92. The summed E-state index contributed by atoms with van der Waals surface area (Å²) in [5.74, 6) is 1.41. The maximum atomic E-state index is 5.72. The highest BCUT2D eigenvalue weighted by molar-refractivity contribution is 5.22. The molecule has 1 aromatic carbocycles. The minimum atomic E-state index is 0.536. The molecule has 0 unspecified atom stereocenters. The van der Waals surface area contributed by atoms with E-state index in [2.05, 4.69) is 4.98 Å². The van der Waals surface area contributed by atoms with Crippen molar-refractivity contribution >= 4 is 5.95 Å². The van der Waals surface area contributed by atoms with Crippen LogP contribution in [0.1, 0.15) is 5.69 Å². The SMILES string of the molecule is Cc1cn(CCOc2ccccc2)c(N)n1. The van der Waals surface area contributed by atoms with Crippen molar-refractivity contribution in [2.75, 3.05) is 12.3 Å². The van der Waals surface area contributed by atoms with Crippen molar-refractivity contribution in [2.24, 2.45) is 0 Å². The molecule has 2 N–H and O–H groups in total. The van der Waals surface area contributed by atoms with Crippen LogP contribution in [0, 0.1) is 6.92 Å². The van der Waals surface area contributed by atoms with Gasteiger partial charge in [-0.1, -0.05) is 18.2 Å². The van der Waals surface area contributed by atoms with Crippen LogP contribution in [-0.4, -0.2) is 16.2 Å². The van der Waals surface area contributed by atoms with Crippen LogP contribution in [0.5, 0.6) is 5.75 Å². The molecule has 4 nitrogen and oxygen atoms in total. The molecule has 0 atom stereocenters. The topological polar surface area (TPSA) is 53.1 Å². The summed E-state index contributed by atoms with van der Waals surface area (Å²) in [4.78, 5) is 4.12. The second-order valence-electron chi connectivity index (χ2n) is 3.60. The van der Waals surface area contributed by atoms with Gasteiger partial charge in [0, 0.05) is 6.20 Å². The van der Waals surface area contributed by atoms with E-state index in [0.717, 1.165) is 11.4 Å². The number of imidazole rings is 1. The molecule has 0 amide bonds. The molecule has 0 radical (unpaired) electrons. The number of nitrogens with zero attached hydrogens (tertiary/aromatic N) is 2. The van der Waals surface area contributed by atoms with Crippen molar-refractivity contribution in [3.8, 4) is 5.75 Å². The predicted molar refractivity (Wildman–Crippen MR) is 63.3 cm³/mol. The summed E-state index contributed by atoms with van der Waals surface area (Å²) in [7, 11) is 0. The van der Waals surface area contributed by atoms with Gasteiger partial charge in [0.05, 0.1) is 12.2 Å². The van der Waals surface area contributed by atoms with E-state index < -0.39 is 0 Å². The Balaban J connectivity index is 1.87. The van der Waals surface area contributed by atoms with E-state index in [1.807, 2.05) is 48.0 Å². The van der Waals surface area contributed by atoms with Crippen LogP contribution in [-0.2, 0) is 6.54 Å². The maximum absolute atomic E-state index is 5.72. The Morgan fingerprint density at radius 1 is 1.31 bits per heavy atom. The van der Waals surface area contributed by atoms with Crippen LogP contribution in [0.25, 0.3) is 0 Å². The van der Waals surface area contributed by atoms with Gasteiger partial charge in [0.15, 0.2) is 5.95 Å². The third-order valence-corrected chi connectivity index (χ3v) is 2.27. The third kappa shape index (κ3) is 2.53. The summed E-state index contributed by atoms with van der Waals surface area (Å²) in [5, 5.41) is 0. The first kappa shape index (κ1) is 10.5. The van der Waals surface area contributed by atoms with E-state index in [1.165, 1.54) is 0 Å². The fourth-order valence-electron chi connectivity index (χ4n) is 1.52. The zero-order valence-electron chi connectivity index (χ0n) is 9.26. The van der Waals surface area contributed by atoms with Crippen LogP contribution in [0.2, 0.25) is 0 Å². The molecular formula is C12H15N3O. The fraction of sp³-hybridized carbons (Fsp3) is 0.250. The normalized spacial score (nSPS) is 10.3. The molecule has 0 aliphatic heterocycles. The number of hydrogen-bond acceptors (Lipinski definition) is 3. The number of ether oxygens (including phenoxy) is 1. The highest BCUT2D eigenvalue weighted by atomic mass is 16.5. The van der Waals surface area contributed by atoms with Crippen molar-refractivity contribution in [2.45, 2.75) is 13.5 Å². The molecule has 0 saturated carbocycles. The Morgan fingerprint density at radius 3 is 2.69 bits per heavy atom. The molecule has 0 aliphatic rings. The predicted octanol–water partition coefficient (Wildman–Crippen LogP) is 1.85. The van der Waals surface area contributed by atoms with Gasteiger partial charge >= 0.3 is 0 Å². The minimum Gasteiger partial charge on any atom is -0.492 e. The highest BCUT2D eigenvalue weighted by Gasteiger charge is 2.00. The Hall–Kier alpha value is -1.97. The first-order valence-electron chi connectivity index (χ1n) is 5.23. The number of benzene rings is 1. The average Bonchev–Trinajstić information content (AvgIpc) is 2.59. The van der Waals surface area contributed by atoms with E-state index >= 15 is 0 Å². The molecule has 1 aromatic heterocycles. The van der Waals surface area contributed by atoms with E-state index in [1.54, 1.807) is 0 Å². The standard InChI is InChI=1S/C12H15N3O/c1-10-9-15(12(13)14-10)7-8-16-11-5-3-2-4-6-11/h2-6,9H,7-8H2,1H3,(H2,13,14). The molecule has 0 spiro atoms. The Labute approximate surface area is 94.7 Å². The van der Waals surface area contributed by atoms with Crippen molar-refractivity contribution in [3.05, 3.63) is 42.2 Å². The number of para-hydroxylation sites is 1. The monoisotopic (exact) mass is 217 g/mol. The first-order chi connectivity index (χ1) is 7.75. The van der Waals surface area contributed by atoms with Crippen LogP contribution < -0.4 is 10.5 Å². The molecule has 1 heterocycles. The number of rotatable bonds is 4. The summed E-state index contributed by atoms with van der Waals surface area (Å²) in [5.41, 5.74) is 6.65. The molecule has 0 aliphatic carbocycles. The number of aromatic nitrogens is 2. The van der Waals surface area contributed by atoms with Gasteiger partial charge < -0.3 is 15.0 Å². The van der Waals surface area contributed by atoms with E-state index in [4.69, 9.17) is 10.5 Å². The van der Waals surface area contributed by atoms with Crippen LogP contribution in [0.4, 0.5) is 5.95 Å². The van der Waals surface area contributed by atoms with Crippen molar-refractivity contribution in [3.63, 3.8) is 0 Å². The quantitative estimate of drug-likeness (QED) is 0.850. The lowest BCUT2D eigenvalue weighted by molar-refractivity contribution is 0.299. The van der Waals surface area contributed by atoms with Gasteiger partial charge in [0.25, 0.3) is 0 Å². The lowest BCUT2D eigenvalue weighted by Gasteiger charge is -2.07. The minimum absolute atomic E-state index is 0.536. The van der Waals surface area contributed by atoms with Gasteiger partial charge in [-0.05, 0) is 19.1 Å². The number of aryl methyl sites for hydroxylation is 1. The summed E-state index contributed by atoms with van der Waals surface area (Å²) in [6.45, 7) is 3.22. The molecule has 16 heavy (non-hydrogen) atoms. The van der Waals surface area contributed by atoms with Crippen molar-refractivity contribution < 1.29 is 4.74 Å². The molecule has 0 bridgehead atoms. The molecule has 84 valence electrons. The number of nitrogens with two attached hydrogens (primary N) is 1. The van der Waals surface area contributed by atoms with Gasteiger partial charge in [-0.25, -0.2) is 4.98 Å². The maximum Gasteiger partial charge on any atom is 0.200 e. The van der Waals surface area contributed by atoms with E-state index in [9.17, 15) is 0 Å². The smallest absolute Gasteiger partial charge is 0.200 e. The highest BCUT2D eigenvalue weighted by Crippen LogP contribution is 2.09. The molecule has 2 aromatic rings. The number of hydrogen-bond donors (Lipinski definition) is 1. The van der Waals surface area contributed by atoms with Crippen molar-refractivity contribution in [1.82, 2.24) is 9.55 Å². The molecule has 0 fully saturated rings. The van der Waals surface area contributed by atoms with Crippen molar-refractivity contribution in [1.29, 1.82) is 0 Å². The van der Waals surface area contributed by atoms with Gasteiger partial charge in [-0.2, -0.15) is 0 Å². The molecule has 0 saturated heterocycles. The zero-order valence-corrected chi connectivity index (χ0v) is 9.26. The lowest BCUT2D eigenvalue weighted by atomic mass is 10.3. The molecular weight excluding hydrogens is 202 g/mol. The summed E-state index contributed by atoms with van der Waals surface area (Å²) < 4.78 is 7.46. The van der Waals surface area contributed by atoms with Gasteiger partial charge in [-0.3, -0.25) is 0 Å². The fourth-order valence-corrected chi connectivity index (χ4v) is 1.52. The largest absolute Gasteiger partial charge is 0.492 e. The van der Waals surface area contributed by atoms with Crippen LogP contribution in [0.15, 0.2) is 36.5 Å². The van der Waals surface area contributed by atoms with Gasteiger partial charge in [0.2, 0.25) is 0 Å². The zero-order chi connectivity index (χ0) is 11.4. The van der Waals surface area contributed by atoms with E-state index in [0.29, 0.717) is 19.1 Å². The number of anilines is 1. The average molecular weight is 217 g/mol. The van der Waals surface area contributed by atoms with E-state index in [-0.39, 0.29) is 0 Å². The molecule has 4 heteroatoms. The Bertz CT molecular complexity index is 451. The summed E-state index contributed by atoms with van der Waals surface area (Å²) in [6, 6.07) is 9.73. The van der Waals surface area contributed by atoms with Crippen LogP contribution >= 0.6 is 0 Å². The second kappa shape index (κ2) is 4.70. The van der Waals surface area contributed by atoms with Gasteiger partial charge in [-0.15, -0.1) is 0 Å². The first-order valence-corrected chi connectivity index (χ1v) is 5.23. The lowest BCUT2D eigenvalue weighted by Crippen LogP contribution is -2.09. The van der Waals surface area contributed by atoms with Crippen LogP contribution in [0.3, 0.4) is 0 Å². The third-order valence-electron chi connectivity index (χ3n) is 2.27. The van der Waals surface area contributed by atoms with Gasteiger partial charge in [0.1, 0.15) is 12.4 Å². The summed E-state index contributed by atoms with van der Waals surface area (Å²) >= 11 is 0. The molecule has 2 rings (SSSR count). The Morgan fingerprint density at radius 2 is 2.06 bits per heavy atom.